The predicted octanol–water partition coefficient (Wildman–Crippen LogP) is 5.38. The zero-order valence-electron chi connectivity index (χ0n) is 15.7. The number of hydrogen-bond donors (Lipinski definition) is 1. The topological polar surface area (TPSA) is 79.5 Å². The Morgan fingerprint density at radius 1 is 1.03 bits per heavy atom. The number of alkyl halides is 2. The van der Waals surface area contributed by atoms with Crippen LogP contribution in [0, 0.1) is 11.3 Å². The average molecular weight is 401 g/mol. The van der Waals surface area contributed by atoms with Crippen molar-refractivity contribution < 1.29 is 28.2 Å². The fourth-order valence-electron chi connectivity index (χ4n) is 2.44. The lowest BCUT2D eigenvalue weighted by Crippen LogP contribution is -2.21. The van der Waals surface area contributed by atoms with Crippen LogP contribution in [0.5, 0.6) is 11.5 Å². The Labute approximate surface area is 167 Å². The van der Waals surface area contributed by atoms with Crippen LogP contribution in [0.15, 0.2) is 54.6 Å². The van der Waals surface area contributed by atoms with Crippen LogP contribution in [0.25, 0.3) is 6.08 Å². The predicted molar refractivity (Wildman–Crippen MR) is 104 cm³/mol. The Hall–Kier alpha value is -3.40. The molecular weight excluding hydrogens is 380 g/mol. The second-order valence-corrected chi connectivity index (χ2v) is 6.20. The van der Waals surface area contributed by atoms with E-state index in [2.05, 4.69) is 6.07 Å². The van der Waals surface area contributed by atoms with Gasteiger partial charge in [0.05, 0.1) is 18.2 Å². The van der Waals surface area contributed by atoms with Gasteiger partial charge in [0, 0.05) is 12.5 Å². The van der Waals surface area contributed by atoms with Crippen molar-refractivity contribution in [3.63, 3.8) is 0 Å². The minimum absolute atomic E-state index is 0.0415. The molecule has 0 spiro atoms. The summed E-state index contributed by atoms with van der Waals surface area (Å²) in [4.78, 5) is 10.5. The van der Waals surface area contributed by atoms with Crippen LogP contribution in [0.1, 0.15) is 36.8 Å². The Morgan fingerprint density at radius 3 is 2.31 bits per heavy atom. The van der Waals surface area contributed by atoms with Gasteiger partial charge in [0.2, 0.25) is 0 Å². The molecule has 2 rings (SSSR count). The zero-order valence-corrected chi connectivity index (χ0v) is 15.7. The number of halogens is 2. The molecule has 152 valence electrons. The van der Waals surface area contributed by atoms with Gasteiger partial charge in [-0.2, -0.15) is 14.0 Å². The number of carboxylic acid groups (broad SMARTS) is 1. The summed E-state index contributed by atoms with van der Waals surface area (Å²) in [6.45, 7) is 0.459. The molecule has 1 N–H and O–H groups in total. The summed E-state index contributed by atoms with van der Waals surface area (Å²) < 4.78 is 39.1. The quantitative estimate of drug-likeness (QED) is 0.404. The lowest BCUT2D eigenvalue weighted by Gasteiger charge is -2.18. The standard InChI is InChI=1S/C22H21F2NO4/c23-22(24,29-20-10-5-17(6-11-20)7-14-21(26)27)18-8-12-19(13-9-18)28-16-4-2-1-3-15-25/h5-14H,1-4,16H2,(H,26,27). The van der Waals surface area contributed by atoms with E-state index in [1.54, 1.807) is 0 Å². The van der Waals surface area contributed by atoms with Gasteiger partial charge in [0.25, 0.3) is 0 Å². The van der Waals surface area contributed by atoms with Crippen molar-refractivity contribution in [1.82, 2.24) is 0 Å². The van der Waals surface area contributed by atoms with Crippen molar-refractivity contribution in [2.75, 3.05) is 6.61 Å². The van der Waals surface area contributed by atoms with Gasteiger partial charge in [0.1, 0.15) is 11.5 Å². The third kappa shape index (κ3) is 7.62. The first-order chi connectivity index (χ1) is 13.9. The van der Waals surface area contributed by atoms with Crippen LogP contribution in [0.4, 0.5) is 8.78 Å². The van der Waals surface area contributed by atoms with Gasteiger partial charge in [-0.1, -0.05) is 12.1 Å². The number of nitriles is 1. The molecule has 0 aliphatic carbocycles. The largest absolute Gasteiger partial charge is 0.494 e. The molecule has 0 amide bonds. The monoisotopic (exact) mass is 401 g/mol. The fraction of sp³-hybridized carbons (Fsp3) is 0.273. The number of aliphatic carboxylic acids is 1. The van der Waals surface area contributed by atoms with Gasteiger partial charge >= 0.3 is 12.1 Å². The average Bonchev–Trinajstić information content (AvgIpc) is 2.70. The van der Waals surface area contributed by atoms with E-state index in [4.69, 9.17) is 19.8 Å². The maximum absolute atomic E-state index is 14.4. The van der Waals surface area contributed by atoms with Crippen molar-refractivity contribution >= 4 is 12.0 Å². The summed E-state index contributed by atoms with van der Waals surface area (Å²) in [6.07, 6.45) is 1.79. The van der Waals surface area contributed by atoms with E-state index in [1.165, 1.54) is 54.6 Å². The van der Waals surface area contributed by atoms with Gasteiger partial charge in [0.15, 0.2) is 0 Å². The molecule has 0 radical (unpaired) electrons. The summed E-state index contributed by atoms with van der Waals surface area (Å²) in [5, 5.41) is 17.1. The molecule has 0 fully saturated rings. The first-order valence-electron chi connectivity index (χ1n) is 9.09. The summed E-state index contributed by atoms with van der Waals surface area (Å²) >= 11 is 0. The first kappa shape index (κ1) is 21.9. The summed E-state index contributed by atoms with van der Waals surface area (Å²) in [7, 11) is 0. The van der Waals surface area contributed by atoms with E-state index in [0.29, 0.717) is 24.3 Å². The molecule has 0 saturated heterocycles. The smallest absolute Gasteiger partial charge is 0.426 e. The van der Waals surface area contributed by atoms with Crippen LogP contribution >= 0.6 is 0 Å². The third-order valence-electron chi connectivity index (χ3n) is 3.94. The molecule has 7 heteroatoms. The van der Waals surface area contributed by atoms with E-state index < -0.39 is 12.1 Å². The summed E-state index contributed by atoms with van der Waals surface area (Å²) in [5.74, 6) is -0.650. The van der Waals surface area contributed by atoms with Crippen LogP contribution in [0.3, 0.4) is 0 Å². The Kier molecular flexibility index (Phi) is 8.16. The Balaban J connectivity index is 1.90. The minimum atomic E-state index is -3.53. The molecule has 0 heterocycles. The highest BCUT2D eigenvalue weighted by Gasteiger charge is 2.34. The lowest BCUT2D eigenvalue weighted by atomic mass is 10.2. The van der Waals surface area contributed by atoms with Gasteiger partial charge in [-0.3, -0.25) is 0 Å². The van der Waals surface area contributed by atoms with Gasteiger partial charge in [-0.05, 0) is 67.3 Å². The molecule has 2 aromatic rings. The molecule has 0 atom stereocenters. The third-order valence-corrected chi connectivity index (χ3v) is 3.94. The SMILES string of the molecule is N#CCCCCCOc1ccc(C(F)(F)Oc2ccc(C=CC(=O)O)cc2)cc1. The number of rotatable bonds is 11. The van der Waals surface area contributed by atoms with Crippen molar-refractivity contribution in [3.05, 3.63) is 65.7 Å². The number of nitrogens with zero attached hydrogens (tertiary/aromatic N) is 1. The number of carbonyl (C=O) groups is 1. The van der Waals surface area contributed by atoms with E-state index in [-0.39, 0.29) is 11.3 Å². The molecule has 0 aromatic heterocycles. The highest BCUT2D eigenvalue weighted by atomic mass is 19.3. The van der Waals surface area contributed by atoms with Gasteiger partial charge in [-0.25, -0.2) is 4.79 Å². The second kappa shape index (κ2) is 10.8. The Morgan fingerprint density at radius 2 is 1.69 bits per heavy atom. The molecule has 29 heavy (non-hydrogen) atoms. The zero-order chi connectivity index (χ0) is 21.1. The number of benzene rings is 2. The molecule has 0 saturated carbocycles. The van der Waals surface area contributed by atoms with Crippen molar-refractivity contribution in [1.29, 1.82) is 5.26 Å². The van der Waals surface area contributed by atoms with Gasteiger partial charge < -0.3 is 14.6 Å². The van der Waals surface area contributed by atoms with Crippen molar-refractivity contribution in [2.24, 2.45) is 0 Å². The van der Waals surface area contributed by atoms with Crippen LogP contribution in [0.2, 0.25) is 0 Å². The van der Waals surface area contributed by atoms with E-state index in [1.807, 2.05) is 0 Å². The van der Waals surface area contributed by atoms with Crippen LogP contribution < -0.4 is 9.47 Å². The van der Waals surface area contributed by atoms with Crippen LogP contribution in [-0.2, 0) is 10.9 Å². The highest BCUT2D eigenvalue weighted by Crippen LogP contribution is 2.32. The maximum Gasteiger partial charge on any atom is 0.426 e. The molecular formula is C22H21F2NO4. The summed E-state index contributed by atoms with van der Waals surface area (Å²) in [6, 6.07) is 13.2. The normalized spacial score (nSPS) is 11.2. The van der Waals surface area contributed by atoms with E-state index >= 15 is 0 Å². The molecule has 2 aromatic carbocycles. The van der Waals surface area contributed by atoms with Gasteiger partial charge in [-0.15, -0.1) is 0 Å². The second-order valence-electron chi connectivity index (χ2n) is 6.20. The van der Waals surface area contributed by atoms with Crippen molar-refractivity contribution in [3.8, 4) is 17.6 Å². The molecule has 0 aliphatic rings. The molecule has 5 nitrogen and oxygen atoms in total. The first-order valence-corrected chi connectivity index (χ1v) is 9.09. The maximum atomic E-state index is 14.4. The molecule has 0 unspecified atom stereocenters. The fourth-order valence-corrected chi connectivity index (χ4v) is 2.44. The van der Waals surface area contributed by atoms with E-state index in [0.717, 1.165) is 25.3 Å². The molecule has 0 bridgehead atoms. The van der Waals surface area contributed by atoms with E-state index in [9.17, 15) is 13.6 Å². The number of unbranched alkanes of at least 4 members (excludes halogenated alkanes) is 3. The number of carboxylic acids is 1. The highest BCUT2D eigenvalue weighted by molar-refractivity contribution is 5.85. The van der Waals surface area contributed by atoms with Crippen molar-refractivity contribution in [2.45, 2.75) is 31.8 Å². The molecule has 0 aliphatic heterocycles. The Bertz CT molecular complexity index is 856. The lowest BCUT2D eigenvalue weighted by molar-refractivity contribution is -0.185. The number of ether oxygens (including phenoxy) is 2. The number of hydrogen-bond acceptors (Lipinski definition) is 4. The van der Waals surface area contributed by atoms with Crippen LogP contribution in [-0.4, -0.2) is 17.7 Å². The minimum Gasteiger partial charge on any atom is -0.494 e. The summed E-state index contributed by atoms with van der Waals surface area (Å²) in [5.41, 5.74) is 0.242.